The molecule has 1 heterocycles. The van der Waals surface area contributed by atoms with Crippen LogP contribution in [-0.4, -0.2) is 15.6 Å². The van der Waals surface area contributed by atoms with Crippen LogP contribution in [0.15, 0.2) is 35.1 Å². The molecular formula is C15H17BrN4O. The minimum absolute atomic E-state index is 0.0921. The third-order valence-corrected chi connectivity index (χ3v) is 4.31. The molecule has 1 aromatic heterocycles. The van der Waals surface area contributed by atoms with Crippen LogP contribution in [0.1, 0.15) is 29.4 Å². The Morgan fingerprint density at radius 1 is 1.52 bits per heavy atom. The van der Waals surface area contributed by atoms with E-state index in [1.807, 2.05) is 23.9 Å². The Balaban J connectivity index is 1.58. The van der Waals surface area contributed by atoms with E-state index < -0.39 is 0 Å². The molecule has 0 fully saturated rings. The third kappa shape index (κ3) is 3.10. The van der Waals surface area contributed by atoms with E-state index >= 15 is 0 Å². The Morgan fingerprint density at radius 3 is 3.14 bits per heavy atom. The summed E-state index contributed by atoms with van der Waals surface area (Å²) in [7, 11) is 1.91. The highest BCUT2D eigenvalue weighted by Crippen LogP contribution is 2.32. The summed E-state index contributed by atoms with van der Waals surface area (Å²) in [5.74, 6) is 0.834. The van der Waals surface area contributed by atoms with Gasteiger partial charge in [0.1, 0.15) is 5.82 Å². The van der Waals surface area contributed by atoms with Crippen molar-refractivity contribution in [3.8, 4) is 0 Å². The third-order valence-electron chi connectivity index (χ3n) is 3.82. The summed E-state index contributed by atoms with van der Waals surface area (Å²) >= 11 is 3.48. The van der Waals surface area contributed by atoms with E-state index in [1.54, 1.807) is 6.20 Å². The first-order chi connectivity index (χ1) is 10.1. The molecule has 2 aromatic rings. The normalized spacial score (nSPS) is 16.6. The molecule has 0 aliphatic heterocycles. The lowest BCUT2D eigenvalue weighted by molar-refractivity contribution is 0.236. The number of nitrogens with one attached hydrogen (secondary N) is 2. The number of aryl methyl sites for hydroxylation is 2. The molecule has 1 aliphatic rings. The molecule has 1 aromatic carbocycles. The quantitative estimate of drug-likeness (QED) is 0.895. The Morgan fingerprint density at radius 2 is 2.38 bits per heavy atom. The first kappa shape index (κ1) is 14.1. The van der Waals surface area contributed by atoms with Crippen molar-refractivity contribution < 1.29 is 4.79 Å². The van der Waals surface area contributed by atoms with Crippen LogP contribution in [0.3, 0.4) is 0 Å². The van der Waals surface area contributed by atoms with E-state index in [1.165, 1.54) is 11.1 Å². The summed E-state index contributed by atoms with van der Waals surface area (Å²) in [6.45, 7) is 0.426. The van der Waals surface area contributed by atoms with E-state index in [0.717, 1.165) is 23.1 Å². The van der Waals surface area contributed by atoms with E-state index in [-0.39, 0.29) is 12.1 Å². The van der Waals surface area contributed by atoms with E-state index in [2.05, 4.69) is 43.7 Å². The standard InChI is InChI=1S/C15H17BrN4O/c1-20-7-6-17-14(20)9-18-15(21)19-13-5-2-10-8-11(16)3-4-12(10)13/h3-4,6-8,13H,2,5,9H2,1H3,(H2,18,19,21). The Kier molecular flexibility index (Phi) is 3.96. The topological polar surface area (TPSA) is 59.0 Å². The van der Waals surface area contributed by atoms with Gasteiger partial charge in [0, 0.05) is 23.9 Å². The number of hydrogen-bond acceptors (Lipinski definition) is 2. The number of aromatic nitrogens is 2. The molecule has 0 radical (unpaired) electrons. The van der Waals surface area contributed by atoms with Crippen LogP contribution in [0, 0.1) is 0 Å². The molecule has 0 spiro atoms. The average Bonchev–Trinajstić information content (AvgIpc) is 3.03. The summed E-state index contributed by atoms with van der Waals surface area (Å²) in [5.41, 5.74) is 2.52. The zero-order chi connectivity index (χ0) is 14.8. The number of urea groups is 1. The maximum absolute atomic E-state index is 12.0. The Hall–Kier alpha value is -1.82. The molecule has 21 heavy (non-hydrogen) atoms. The Bertz CT molecular complexity index is 667. The number of rotatable bonds is 3. The molecule has 5 nitrogen and oxygen atoms in total. The Labute approximate surface area is 131 Å². The van der Waals surface area contributed by atoms with Crippen molar-refractivity contribution in [3.63, 3.8) is 0 Å². The maximum atomic E-state index is 12.0. The summed E-state index contributed by atoms with van der Waals surface area (Å²) in [5, 5.41) is 5.89. The number of amides is 2. The first-order valence-electron chi connectivity index (χ1n) is 6.92. The number of benzene rings is 1. The van der Waals surface area contributed by atoms with Gasteiger partial charge in [-0.15, -0.1) is 0 Å². The molecule has 1 aliphatic carbocycles. The number of halogens is 1. The zero-order valence-electron chi connectivity index (χ0n) is 11.8. The van der Waals surface area contributed by atoms with Crippen LogP contribution in [0.2, 0.25) is 0 Å². The predicted octanol–water partition coefficient (Wildman–Crippen LogP) is 2.67. The zero-order valence-corrected chi connectivity index (χ0v) is 13.4. The average molecular weight is 349 g/mol. The number of carbonyl (C=O) groups excluding carboxylic acids is 1. The molecule has 0 saturated heterocycles. The van der Waals surface area contributed by atoms with Gasteiger partial charge in [0.2, 0.25) is 0 Å². The van der Waals surface area contributed by atoms with E-state index in [0.29, 0.717) is 6.54 Å². The molecule has 0 bridgehead atoms. The lowest BCUT2D eigenvalue weighted by atomic mass is 10.1. The lowest BCUT2D eigenvalue weighted by Crippen LogP contribution is -2.37. The minimum Gasteiger partial charge on any atom is -0.337 e. The van der Waals surface area contributed by atoms with Crippen LogP contribution < -0.4 is 10.6 Å². The van der Waals surface area contributed by atoms with Crippen LogP contribution >= 0.6 is 15.9 Å². The van der Waals surface area contributed by atoms with Gasteiger partial charge in [0.15, 0.2) is 0 Å². The largest absolute Gasteiger partial charge is 0.337 e. The second-order valence-corrected chi connectivity index (χ2v) is 6.13. The predicted molar refractivity (Wildman–Crippen MR) is 83.8 cm³/mol. The van der Waals surface area contributed by atoms with Gasteiger partial charge >= 0.3 is 6.03 Å². The first-order valence-corrected chi connectivity index (χ1v) is 7.71. The molecule has 110 valence electrons. The van der Waals surface area contributed by atoms with Gasteiger partial charge in [-0.1, -0.05) is 22.0 Å². The van der Waals surface area contributed by atoms with Crippen molar-refractivity contribution in [3.05, 3.63) is 52.0 Å². The van der Waals surface area contributed by atoms with Crippen LogP contribution in [0.25, 0.3) is 0 Å². The van der Waals surface area contributed by atoms with Crippen LogP contribution in [-0.2, 0) is 20.0 Å². The van der Waals surface area contributed by atoms with Crippen molar-refractivity contribution in [1.29, 1.82) is 0 Å². The summed E-state index contributed by atoms with van der Waals surface area (Å²) in [6.07, 6.45) is 5.53. The number of imidazole rings is 1. The second-order valence-electron chi connectivity index (χ2n) is 5.22. The molecule has 2 N–H and O–H groups in total. The highest BCUT2D eigenvalue weighted by Gasteiger charge is 2.23. The van der Waals surface area contributed by atoms with Gasteiger partial charge in [0.25, 0.3) is 0 Å². The maximum Gasteiger partial charge on any atom is 0.315 e. The highest BCUT2D eigenvalue weighted by atomic mass is 79.9. The molecule has 1 unspecified atom stereocenters. The minimum atomic E-state index is -0.154. The van der Waals surface area contributed by atoms with E-state index in [4.69, 9.17) is 0 Å². The lowest BCUT2D eigenvalue weighted by Gasteiger charge is -2.15. The van der Waals surface area contributed by atoms with Crippen LogP contribution in [0.5, 0.6) is 0 Å². The fourth-order valence-electron chi connectivity index (χ4n) is 2.67. The van der Waals surface area contributed by atoms with Crippen molar-refractivity contribution in [1.82, 2.24) is 20.2 Å². The number of nitrogens with zero attached hydrogens (tertiary/aromatic N) is 2. The van der Waals surface area contributed by atoms with Crippen molar-refractivity contribution >= 4 is 22.0 Å². The summed E-state index contributed by atoms with van der Waals surface area (Å²) in [6, 6.07) is 6.16. The van der Waals surface area contributed by atoms with Gasteiger partial charge in [-0.3, -0.25) is 0 Å². The SMILES string of the molecule is Cn1ccnc1CNC(=O)NC1CCc2cc(Br)ccc21. The van der Waals surface area contributed by atoms with Crippen molar-refractivity contribution in [2.45, 2.75) is 25.4 Å². The van der Waals surface area contributed by atoms with Gasteiger partial charge in [-0.25, -0.2) is 9.78 Å². The van der Waals surface area contributed by atoms with Crippen LogP contribution in [0.4, 0.5) is 4.79 Å². The van der Waals surface area contributed by atoms with Gasteiger partial charge in [-0.2, -0.15) is 0 Å². The second kappa shape index (κ2) is 5.89. The summed E-state index contributed by atoms with van der Waals surface area (Å²) < 4.78 is 2.98. The van der Waals surface area contributed by atoms with Crippen molar-refractivity contribution in [2.24, 2.45) is 7.05 Å². The molecule has 6 heteroatoms. The van der Waals surface area contributed by atoms with E-state index in [9.17, 15) is 4.79 Å². The summed E-state index contributed by atoms with van der Waals surface area (Å²) in [4.78, 5) is 16.2. The smallest absolute Gasteiger partial charge is 0.315 e. The number of carbonyl (C=O) groups is 1. The monoisotopic (exact) mass is 348 g/mol. The fourth-order valence-corrected chi connectivity index (χ4v) is 3.08. The molecule has 3 rings (SSSR count). The van der Waals surface area contributed by atoms with Gasteiger partial charge in [0.05, 0.1) is 12.6 Å². The molecule has 2 amide bonds. The number of hydrogen-bond donors (Lipinski definition) is 2. The number of fused-ring (bicyclic) bond motifs is 1. The molecule has 1 atom stereocenters. The fraction of sp³-hybridized carbons (Fsp3) is 0.333. The van der Waals surface area contributed by atoms with Gasteiger partial charge in [-0.05, 0) is 36.1 Å². The van der Waals surface area contributed by atoms with Crippen molar-refractivity contribution in [2.75, 3.05) is 0 Å². The molecular weight excluding hydrogens is 332 g/mol. The highest BCUT2D eigenvalue weighted by molar-refractivity contribution is 9.10. The molecule has 0 saturated carbocycles. The van der Waals surface area contributed by atoms with Gasteiger partial charge < -0.3 is 15.2 Å².